The second-order valence-electron chi connectivity index (χ2n) is 7.63. The van der Waals surface area contributed by atoms with Gasteiger partial charge in [-0.1, -0.05) is 18.2 Å². The fraction of sp³-hybridized carbons (Fsp3) is 0.208. The number of fused-ring (bicyclic) bond motifs is 1. The van der Waals surface area contributed by atoms with Gasteiger partial charge < -0.3 is 10.2 Å². The molecule has 1 aliphatic heterocycles. The first kappa shape index (κ1) is 22.0. The van der Waals surface area contributed by atoms with E-state index in [1.54, 1.807) is 24.4 Å². The predicted molar refractivity (Wildman–Crippen MR) is 118 cm³/mol. The van der Waals surface area contributed by atoms with Crippen LogP contribution in [0.4, 0.5) is 8.78 Å². The summed E-state index contributed by atoms with van der Waals surface area (Å²) < 4.78 is 27.2. The zero-order chi connectivity index (χ0) is 23.4. The van der Waals surface area contributed by atoms with Crippen LogP contribution in [0.5, 0.6) is 0 Å². The predicted octanol–water partition coefficient (Wildman–Crippen LogP) is 3.29. The minimum atomic E-state index is -3.11. The average Bonchev–Trinajstić information content (AvgIpc) is 3.15. The second kappa shape index (κ2) is 9.12. The van der Waals surface area contributed by atoms with Crippen LogP contribution in [-0.2, 0) is 4.79 Å². The lowest BCUT2D eigenvalue weighted by Gasteiger charge is -2.19. The number of nitriles is 1. The van der Waals surface area contributed by atoms with Crippen molar-refractivity contribution in [3.05, 3.63) is 71.7 Å². The lowest BCUT2D eigenvalue weighted by atomic mass is 10.0. The number of aromatic nitrogens is 2. The highest BCUT2D eigenvalue weighted by atomic mass is 19.3. The largest absolute Gasteiger partial charge is 0.343 e. The first-order valence-corrected chi connectivity index (χ1v) is 10.2. The van der Waals surface area contributed by atoms with E-state index < -0.39 is 43.3 Å². The van der Waals surface area contributed by atoms with Gasteiger partial charge in [-0.25, -0.2) is 8.78 Å². The van der Waals surface area contributed by atoms with Crippen LogP contribution in [0, 0.1) is 11.3 Å². The Labute approximate surface area is 188 Å². The molecular weight excluding hydrogens is 428 g/mol. The number of nitrogens with zero attached hydrogens (tertiary/aromatic N) is 4. The van der Waals surface area contributed by atoms with E-state index in [9.17, 15) is 18.4 Å². The van der Waals surface area contributed by atoms with Crippen molar-refractivity contribution in [2.45, 2.75) is 18.4 Å². The molecule has 0 aliphatic carbocycles. The maximum absolute atomic E-state index is 13.6. The molecule has 2 amide bonds. The van der Waals surface area contributed by atoms with Crippen LogP contribution in [0.3, 0.4) is 0 Å². The molecule has 1 atom stereocenters. The molecule has 1 N–H and O–H groups in total. The van der Waals surface area contributed by atoms with E-state index in [0.29, 0.717) is 16.5 Å². The molecule has 1 saturated heterocycles. The first-order chi connectivity index (χ1) is 15.9. The van der Waals surface area contributed by atoms with Gasteiger partial charge in [-0.3, -0.25) is 19.6 Å². The Kier molecular flexibility index (Phi) is 6.09. The number of pyridine rings is 2. The van der Waals surface area contributed by atoms with E-state index in [1.807, 2.05) is 36.4 Å². The van der Waals surface area contributed by atoms with Crippen LogP contribution in [0.2, 0.25) is 0 Å². The van der Waals surface area contributed by atoms with E-state index >= 15 is 0 Å². The molecule has 9 heteroatoms. The molecule has 0 spiro atoms. The van der Waals surface area contributed by atoms with Crippen LogP contribution in [0.15, 0.2) is 54.9 Å². The zero-order valence-corrected chi connectivity index (χ0v) is 17.4. The molecule has 4 rings (SSSR count). The number of halogens is 2. The van der Waals surface area contributed by atoms with Gasteiger partial charge in [0, 0.05) is 24.2 Å². The number of nitrogens with one attached hydrogen (secondary N) is 1. The smallest absolute Gasteiger partial charge is 0.268 e. The number of rotatable bonds is 5. The van der Waals surface area contributed by atoms with Crippen molar-refractivity contribution in [3.63, 3.8) is 0 Å². The van der Waals surface area contributed by atoms with Gasteiger partial charge in [-0.05, 0) is 42.0 Å². The molecule has 0 saturated carbocycles. The Morgan fingerprint density at radius 1 is 1.18 bits per heavy atom. The molecule has 3 aromatic rings. The van der Waals surface area contributed by atoms with E-state index in [-0.39, 0.29) is 0 Å². The molecular formula is C24H19F2N5O2. The van der Waals surface area contributed by atoms with Crippen LogP contribution < -0.4 is 5.32 Å². The van der Waals surface area contributed by atoms with Crippen LogP contribution in [0.1, 0.15) is 28.0 Å². The zero-order valence-electron chi connectivity index (χ0n) is 17.4. The summed E-state index contributed by atoms with van der Waals surface area (Å²) >= 11 is 0. The minimum Gasteiger partial charge on any atom is -0.343 e. The standard InChI is InChI=1S/C24H19F2N5O2/c25-24(26)12-18(13-27)31(15-24)22(32)14-30-23(33)19-8-10-29-21-7-5-16(11-20(19)21)4-6-17-3-1-2-9-28-17/h1-11,18H,12,14-15H2,(H,30,33)/b6-4+. The summed E-state index contributed by atoms with van der Waals surface area (Å²) in [5, 5.41) is 12.1. The maximum atomic E-state index is 13.6. The molecule has 7 nitrogen and oxygen atoms in total. The van der Waals surface area contributed by atoms with Gasteiger partial charge in [0.25, 0.3) is 11.8 Å². The Bertz CT molecular complexity index is 1270. The van der Waals surface area contributed by atoms with Crippen LogP contribution in [-0.4, -0.2) is 51.7 Å². The fourth-order valence-electron chi connectivity index (χ4n) is 3.67. The Morgan fingerprint density at radius 3 is 2.79 bits per heavy atom. The second-order valence-corrected chi connectivity index (χ2v) is 7.63. The van der Waals surface area contributed by atoms with Crippen molar-refractivity contribution in [1.29, 1.82) is 5.26 Å². The van der Waals surface area contributed by atoms with Gasteiger partial charge in [0.1, 0.15) is 6.04 Å². The third-order valence-corrected chi connectivity index (χ3v) is 5.28. The highest BCUT2D eigenvalue weighted by Gasteiger charge is 2.47. The fourth-order valence-corrected chi connectivity index (χ4v) is 3.67. The number of hydrogen-bond donors (Lipinski definition) is 1. The molecule has 1 aliphatic rings. The van der Waals surface area contributed by atoms with Crippen molar-refractivity contribution in [2.24, 2.45) is 0 Å². The third-order valence-electron chi connectivity index (χ3n) is 5.28. The van der Waals surface area contributed by atoms with Gasteiger partial charge in [0.05, 0.1) is 35.9 Å². The van der Waals surface area contributed by atoms with E-state index in [4.69, 9.17) is 5.26 Å². The minimum absolute atomic E-state index is 0.296. The molecule has 1 unspecified atom stereocenters. The van der Waals surface area contributed by atoms with Crippen LogP contribution in [0.25, 0.3) is 23.1 Å². The number of benzene rings is 1. The van der Waals surface area contributed by atoms with Crippen molar-refractivity contribution < 1.29 is 18.4 Å². The lowest BCUT2D eigenvalue weighted by Crippen LogP contribution is -2.43. The summed E-state index contributed by atoms with van der Waals surface area (Å²) in [5.41, 5.74) is 2.49. The average molecular weight is 447 g/mol. The summed E-state index contributed by atoms with van der Waals surface area (Å²) in [7, 11) is 0. The molecule has 166 valence electrons. The SMILES string of the molecule is N#CC1CC(F)(F)CN1C(=O)CNC(=O)c1ccnc2ccc(/C=C/c3ccccn3)cc12. The van der Waals surface area contributed by atoms with Crippen molar-refractivity contribution in [1.82, 2.24) is 20.2 Å². The number of amides is 2. The monoisotopic (exact) mass is 447 g/mol. The summed E-state index contributed by atoms with van der Waals surface area (Å²) in [5.74, 6) is -4.38. The highest BCUT2D eigenvalue weighted by Crippen LogP contribution is 2.31. The molecule has 0 radical (unpaired) electrons. The highest BCUT2D eigenvalue weighted by molar-refractivity contribution is 6.07. The van der Waals surface area contributed by atoms with Gasteiger partial charge >= 0.3 is 0 Å². The van der Waals surface area contributed by atoms with Gasteiger partial charge in [0.15, 0.2) is 0 Å². The Balaban J connectivity index is 1.50. The molecule has 33 heavy (non-hydrogen) atoms. The third kappa shape index (κ3) is 5.01. The van der Waals surface area contributed by atoms with E-state index in [2.05, 4.69) is 15.3 Å². The quantitative estimate of drug-likeness (QED) is 0.647. The van der Waals surface area contributed by atoms with Crippen molar-refractivity contribution >= 4 is 34.9 Å². The summed E-state index contributed by atoms with van der Waals surface area (Å²) in [6.45, 7) is -1.32. The normalized spacial score (nSPS) is 17.2. The topological polar surface area (TPSA) is 99.0 Å². The Hall–Kier alpha value is -4.19. The summed E-state index contributed by atoms with van der Waals surface area (Å²) in [6.07, 6.45) is 6.17. The molecule has 3 heterocycles. The van der Waals surface area contributed by atoms with Gasteiger partial charge in [0.2, 0.25) is 5.91 Å². The number of likely N-dealkylation sites (tertiary alicyclic amines) is 1. The molecule has 1 fully saturated rings. The molecule has 1 aromatic carbocycles. The van der Waals surface area contributed by atoms with Crippen molar-refractivity contribution in [3.8, 4) is 6.07 Å². The van der Waals surface area contributed by atoms with Crippen molar-refractivity contribution in [2.75, 3.05) is 13.1 Å². The van der Waals surface area contributed by atoms with E-state index in [1.165, 1.54) is 12.3 Å². The number of alkyl halides is 2. The summed E-state index contributed by atoms with van der Waals surface area (Å²) in [4.78, 5) is 34.5. The molecule has 2 aromatic heterocycles. The first-order valence-electron chi connectivity index (χ1n) is 10.2. The molecule has 0 bridgehead atoms. The maximum Gasteiger partial charge on any atom is 0.268 e. The Morgan fingerprint density at radius 2 is 2.03 bits per heavy atom. The summed E-state index contributed by atoms with van der Waals surface area (Å²) in [6, 6.07) is 13.0. The number of carbonyl (C=O) groups is 2. The van der Waals surface area contributed by atoms with Gasteiger partial charge in [-0.2, -0.15) is 5.26 Å². The van der Waals surface area contributed by atoms with E-state index in [0.717, 1.165) is 16.2 Å². The number of hydrogen-bond acceptors (Lipinski definition) is 5. The lowest BCUT2D eigenvalue weighted by molar-refractivity contribution is -0.131. The van der Waals surface area contributed by atoms with Crippen LogP contribution >= 0.6 is 0 Å². The number of carbonyl (C=O) groups excluding carboxylic acids is 2. The van der Waals surface area contributed by atoms with Gasteiger partial charge in [-0.15, -0.1) is 0 Å².